The lowest BCUT2D eigenvalue weighted by Gasteiger charge is -2.32. The highest BCUT2D eigenvalue weighted by molar-refractivity contribution is 5.99. The predicted molar refractivity (Wildman–Crippen MR) is 142 cm³/mol. The zero-order valence-corrected chi connectivity index (χ0v) is 20.7. The number of aromatic nitrogens is 4. The van der Waals surface area contributed by atoms with Gasteiger partial charge in [0.2, 0.25) is 5.95 Å². The highest BCUT2D eigenvalue weighted by Crippen LogP contribution is 2.41. The van der Waals surface area contributed by atoms with Crippen molar-refractivity contribution in [3.8, 4) is 5.75 Å². The van der Waals surface area contributed by atoms with Crippen molar-refractivity contribution >= 4 is 28.1 Å². The molecule has 0 bridgehead atoms. The Labute approximate surface area is 217 Å². The smallest absolute Gasteiger partial charge is 0.439 e. The molecule has 0 amide bonds. The minimum absolute atomic E-state index is 0.273. The number of anilines is 1. The monoisotopic (exact) mass is 509 g/mol. The Morgan fingerprint density at radius 3 is 2.71 bits per heavy atom. The first-order chi connectivity index (χ1) is 18.5. The van der Waals surface area contributed by atoms with Gasteiger partial charge in [-0.3, -0.25) is 9.51 Å². The number of para-hydroxylation sites is 2. The molecule has 8 nitrogen and oxygen atoms in total. The Morgan fingerprint density at radius 2 is 1.92 bits per heavy atom. The summed E-state index contributed by atoms with van der Waals surface area (Å²) in [7, 11) is 0. The summed E-state index contributed by atoms with van der Waals surface area (Å²) in [6.07, 6.45) is 1.17. The first kappa shape index (κ1) is 22.5. The first-order valence-electron chi connectivity index (χ1n) is 12.6. The summed E-state index contributed by atoms with van der Waals surface area (Å²) >= 11 is 0. The maximum atomic E-state index is 14.2. The molecule has 7 rings (SSSR count). The van der Waals surface area contributed by atoms with E-state index >= 15 is 0 Å². The van der Waals surface area contributed by atoms with Crippen LogP contribution in [0.25, 0.3) is 22.2 Å². The number of rotatable bonds is 4. The Kier molecular flexibility index (Phi) is 5.17. The van der Waals surface area contributed by atoms with Crippen molar-refractivity contribution < 1.29 is 13.7 Å². The number of H-pyrrole nitrogens is 1. The van der Waals surface area contributed by atoms with Crippen LogP contribution >= 0.6 is 0 Å². The Bertz CT molecular complexity index is 1790. The molecule has 5 aromatic rings. The normalized spacial score (nSPS) is 15.9. The van der Waals surface area contributed by atoms with Gasteiger partial charge in [-0.05, 0) is 65.9 Å². The van der Waals surface area contributed by atoms with Crippen molar-refractivity contribution in [1.29, 1.82) is 0 Å². The number of allylic oxidation sites excluding steroid dienone is 1. The molecule has 38 heavy (non-hydrogen) atoms. The molecule has 0 saturated carbocycles. The summed E-state index contributed by atoms with van der Waals surface area (Å²) in [5.41, 5.74) is 7.28. The minimum Gasteiger partial charge on any atom is -0.488 e. The molecule has 2 aliphatic heterocycles. The third-order valence-electron chi connectivity index (χ3n) is 7.32. The van der Waals surface area contributed by atoms with Crippen LogP contribution in [0.5, 0.6) is 5.75 Å². The molecule has 2 aliphatic rings. The van der Waals surface area contributed by atoms with Gasteiger partial charge >= 0.3 is 5.76 Å². The highest BCUT2D eigenvalue weighted by atomic mass is 19.1. The largest absolute Gasteiger partial charge is 0.488 e. The van der Waals surface area contributed by atoms with E-state index in [1.807, 2.05) is 25.1 Å². The fourth-order valence-corrected chi connectivity index (χ4v) is 5.30. The summed E-state index contributed by atoms with van der Waals surface area (Å²) in [6, 6.07) is 19.0. The van der Waals surface area contributed by atoms with Gasteiger partial charge in [0, 0.05) is 30.3 Å². The molecule has 3 aromatic carbocycles. The number of aromatic amines is 1. The van der Waals surface area contributed by atoms with E-state index in [4.69, 9.17) is 14.2 Å². The topological polar surface area (TPSA) is 89.2 Å². The molecule has 4 heterocycles. The minimum atomic E-state index is -0.634. The maximum Gasteiger partial charge on any atom is 0.439 e. The predicted octanol–water partition coefficient (Wildman–Crippen LogP) is 4.98. The molecular formula is C29H24FN5O3. The van der Waals surface area contributed by atoms with Crippen molar-refractivity contribution in [2.75, 3.05) is 18.0 Å². The van der Waals surface area contributed by atoms with E-state index in [9.17, 15) is 9.18 Å². The number of ether oxygens (including phenoxy) is 1. The number of nitrogens with one attached hydrogen (secondary N) is 1. The average Bonchev–Trinajstić information content (AvgIpc) is 3.43. The zero-order valence-electron chi connectivity index (χ0n) is 20.7. The van der Waals surface area contributed by atoms with Crippen molar-refractivity contribution in [3.05, 3.63) is 105 Å². The van der Waals surface area contributed by atoms with E-state index < -0.39 is 5.76 Å². The van der Waals surface area contributed by atoms with Gasteiger partial charge in [0.1, 0.15) is 18.2 Å². The zero-order chi connectivity index (χ0) is 25.8. The van der Waals surface area contributed by atoms with E-state index in [0.717, 1.165) is 57.9 Å². The van der Waals surface area contributed by atoms with Gasteiger partial charge in [-0.15, -0.1) is 0 Å². The van der Waals surface area contributed by atoms with Crippen LogP contribution in [0.4, 0.5) is 10.3 Å². The summed E-state index contributed by atoms with van der Waals surface area (Å²) in [4.78, 5) is 21.5. The van der Waals surface area contributed by atoms with Crippen LogP contribution < -0.4 is 15.4 Å². The lowest BCUT2D eigenvalue weighted by atomic mass is 9.89. The molecule has 190 valence electrons. The second-order valence-corrected chi connectivity index (χ2v) is 9.69. The highest BCUT2D eigenvalue weighted by Gasteiger charge is 2.25. The lowest BCUT2D eigenvalue weighted by molar-refractivity contribution is 0.305. The van der Waals surface area contributed by atoms with Crippen molar-refractivity contribution in [1.82, 2.24) is 19.7 Å². The molecule has 9 heteroatoms. The third-order valence-corrected chi connectivity index (χ3v) is 7.32. The molecule has 0 radical (unpaired) electrons. The van der Waals surface area contributed by atoms with E-state index in [-0.39, 0.29) is 12.4 Å². The number of halogens is 1. The van der Waals surface area contributed by atoms with Crippen molar-refractivity contribution in [2.24, 2.45) is 0 Å². The van der Waals surface area contributed by atoms with Crippen molar-refractivity contribution in [3.63, 3.8) is 0 Å². The molecule has 1 saturated heterocycles. The van der Waals surface area contributed by atoms with E-state index in [1.54, 1.807) is 6.07 Å². The molecule has 1 fully saturated rings. The summed E-state index contributed by atoms with van der Waals surface area (Å²) in [6.45, 7) is 4.79. The molecule has 0 spiro atoms. The molecular weight excluding hydrogens is 485 g/mol. The summed E-state index contributed by atoms with van der Waals surface area (Å²) < 4.78 is 27.3. The van der Waals surface area contributed by atoms with Gasteiger partial charge in [0.05, 0.1) is 17.6 Å². The van der Waals surface area contributed by atoms with Crippen LogP contribution in [0.2, 0.25) is 0 Å². The van der Waals surface area contributed by atoms with Gasteiger partial charge in [-0.1, -0.05) is 29.4 Å². The standard InChI is InChI=1S/C29H24FN5O3/c1-17(27-32-29(36)38-33-27)26-21-9-7-18(13-19(21)16-37-25-14-20(30)8-10-22(25)26)15-35-24-6-3-2-5-23(24)31-28(35)34-11-4-12-34/h2-3,5-10,13-14H,4,11-12,15-16H2,1H3,(H,32,33,36). The molecule has 0 unspecified atom stereocenters. The molecule has 0 atom stereocenters. The Balaban J connectivity index is 1.35. The van der Waals surface area contributed by atoms with Crippen LogP contribution in [0.1, 0.15) is 41.4 Å². The second kappa shape index (κ2) is 8.72. The number of fused-ring (bicyclic) bond motifs is 3. The Morgan fingerprint density at radius 1 is 1.08 bits per heavy atom. The van der Waals surface area contributed by atoms with E-state index in [2.05, 4.69) is 43.9 Å². The summed E-state index contributed by atoms with van der Waals surface area (Å²) in [5, 5.41) is 3.89. The van der Waals surface area contributed by atoms with Gasteiger partial charge in [-0.2, -0.15) is 0 Å². The van der Waals surface area contributed by atoms with Gasteiger partial charge in [0.15, 0.2) is 5.82 Å². The van der Waals surface area contributed by atoms with Gasteiger partial charge < -0.3 is 14.2 Å². The third kappa shape index (κ3) is 3.70. The van der Waals surface area contributed by atoms with Crippen LogP contribution in [-0.2, 0) is 13.2 Å². The van der Waals surface area contributed by atoms with Gasteiger partial charge in [-0.25, -0.2) is 14.2 Å². The Hall–Kier alpha value is -4.66. The first-order valence-corrected chi connectivity index (χ1v) is 12.6. The quantitative estimate of drug-likeness (QED) is 0.368. The van der Waals surface area contributed by atoms with E-state index in [1.165, 1.54) is 18.6 Å². The van der Waals surface area contributed by atoms with Crippen LogP contribution in [0.15, 0.2) is 70.0 Å². The van der Waals surface area contributed by atoms with Crippen LogP contribution in [-0.4, -0.2) is 32.8 Å². The van der Waals surface area contributed by atoms with Crippen LogP contribution in [0, 0.1) is 5.82 Å². The molecule has 0 aliphatic carbocycles. The van der Waals surface area contributed by atoms with E-state index in [0.29, 0.717) is 23.7 Å². The number of nitrogens with zero attached hydrogens (tertiary/aromatic N) is 4. The SMILES string of the molecule is CC(=C1c2ccc(Cn3c(N4CCC4)nc4ccccc43)cc2COc2cc(F)ccc21)c1noc(=O)[nH]1. The summed E-state index contributed by atoms with van der Waals surface area (Å²) in [5.74, 6) is 0.723. The number of hydrogen-bond donors (Lipinski definition) is 1. The molecule has 2 aromatic heterocycles. The molecule has 1 N–H and O–H groups in total. The fourth-order valence-electron chi connectivity index (χ4n) is 5.30. The number of benzene rings is 3. The van der Waals surface area contributed by atoms with Crippen LogP contribution in [0.3, 0.4) is 0 Å². The maximum absolute atomic E-state index is 14.2. The average molecular weight is 510 g/mol. The fraction of sp³-hybridized carbons (Fsp3) is 0.207. The second-order valence-electron chi connectivity index (χ2n) is 9.69. The van der Waals surface area contributed by atoms with Crippen molar-refractivity contribution in [2.45, 2.75) is 26.5 Å². The lowest BCUT2D eigenvalue weighted by Crippen LogP contribution is -2.39. The van der Waals surface area contributed by atoms with Gasteiger partial charge in [0.25, 0.3) is 0 Å². The number of imidazole rings is 1. The number of hydrogen-bond acceptors (Lipinski definition) is 6.